The van der Waals surface area contributed by atoms with Gasteiger partial charge in [-0.1, -0.05) is 11.6 Å². The van der Waals surface area contributed by atoms with Crippen LogP contribution in [-0.2, 0) is 11.3 Å². The normalized spacial score (nSPS) is 18.5. The number of H-pyrrole nitrogens is 1. The first-order valence-electron chi connectivity index (χ1n) is 7.59. The van der Waals surface area contributed by atoms with Crippen LogP contribution in [0.4, 0.5) is 0 Å². The van der Waals surface area contributed by atoms with Crippen LogP contribution in [0.2, 0.25) is 0 Å². The highest BCUT2D eigenvalue weighted by molar-refractivity contribution is 5.82. The number of benzene rings is 1. The van der Waals surface area contributed by atoms with Crippen LogP contribution < -0.4 is 10.9 Å². The summed E-state index contributed by atoms with van der Waals surface area (Å²) in [5.41, 5.74) is 4.04. The highest BCUT2D eigenvalue weighted by Gasteiger charge is 2.14. The molecule has 4 nitrogen and oxygen atoms in total. The van der Waals surface area contributed by atoms with E-state index >= 15 is 0 Å². The number of hydrogen-bond donors (Lipinski definition) is 2. The van der Waals surface area contributed by atoms with Gasteiger partial charge in [-0.3, -0.25) is 4.79 Å². The molecule has 0 bridgehead atoms. The maximum Gasteiger partial charge on any atom is 0.252 e. The molecule has 0 amide bonds. The van der Waals surface area contributed by atoms with Crippen molar-refractivity contribution < 1.29 is 4.74 Å². The van der Waals surface area contributed by atoms with Crippen LogP contribution in [-0.4, -0.2) is 24.2 Å². The molecule has 1 saturated heterocycles. The summed E-state index contributed by atoms with van der Waals surface area (Å²) >= 11 is 0. The van der Waals surface area contributed by atoms with Crippen molar-refractivity contribution in [2.24, 2.45) is 0 Å². The average Bonchev–Trinajstić information content (AvgIpc) is 2.93. The predicted molar refractivity (Wildman–Crippen MR) is 84.7 cm³/mol. The Morgan fingerprint density at radius 2 is 2.19 bits per heavy atom. The van der Waals surface area contributed by atoms with Gasteiger partial charge in [0.25, 0.3) is 5.56 Å². The Kier molecular flexibility index (Phi) is 4.08. The van der Waals surface area contributed by atoms with E-state index in [4.69, 9.17) is 4.74 Å². The molecule has 4 heteroatoms. The van der Waals surface area contributed by atoms with E-state index in [2.05, 4.69) is 29.4 Å². The van der Waals surface area contributed by atoms with Crippen molar-refractivity contribution in [3.63, 3.8) is 0 Å². The van der Waals surface area contributed by atoms with Crippen molar-refractivity contribution in [3.8, 4) is 0 Å². The molecule has 2 heterocycles. The fraction of sp³-hybridized carbons (Fsp3) is 0.471. The van der Waals surface area contributed by atoms with E-state index in [0.29, 0.717) is 12.6 Å². The average molecular weight is 286 g/mol. The summed E-state index contributed by atoms with van der Waals surface area (Å²) in [5, 5.41) is 4.43. The molecule has 1 aliphatic rings. The summed E-state index contributed by atoms with van der Waals surface area (Å²) < 4.78 is 5.57. The second-order valence-electron chi connectivity index (χ2n) is 5.94. The molecule has 1 aromatic heterocycles. The van der Waals surface area contributed by atoms with Crippen LogP contribution in [0.1, 0.15) is 29.5 Å². The largest absolute Gasteiger partial charge is 0.377 e. The van der Waals surface area contributed by atoms with Crippen LogP contribution in [0.15, 0.2) is 23.0 Å². The third kappa shape index (κ3) is 3.17. The zero-order valence-corrected chi connectivity index (χ0v) is 12.7. The van der Waals surface area contributed by atoms with Gasteiger partial charge in [-0.15, -0.1) is 0 Å². The fourth-order valence-corrected chi connectivity index (χ4v) is 3.04. The van der Waals surface area contributed by atoms with Crippen molar-refractivity contribution in [1.29, 1.82) is 0 Å². The molecular formula is C17H22N2O2. The zero-order valence-electron chi connectivity index (χ0n) is 12.7. The van der Waals surface area contributed by atoms with Gasteiger partial charge in [0, 0.05) is 25.3 Å². The quantitative estimate of drug-likeness (QED) is 0.907. The minimum atomic E-state index is -0.00528. The second-order valence-corrected chi connectivity index (χ2v) is 5.94. The van der Waals surface area contributed by atoms with Crippen molar-refractivity contribution in [2.75, 3.05) is 13.2 Å². The molecule has 0 radical (unpaired) electrons. The van der Waals surface area contributed by atoms with Crippen molar-refractivity contribution >= 4 is 10.9 Å². The number of ether oxygens (including phenoxy) is 1. The number of pyridine rings is 1. The van der Waals surface area contributed by atoms with Gasteiger partial charge in [-0.05, 0) is 49.8 Å². The summed E-state index contributed by atoms with van der Waals surface area (Å²) in [6.45, 7) is 6.36. The molecule has 1 atom stereocenters. The van der Waals surface area contributed by atoms with Crippen LogP contribution in [0.25, 0.3) is 10.9 Å². The molecule has 0 aliphatic carbocycles. The first kappa shape index (κ1) is 14.3. The molecule has 1 aromatic carbocycles. The van der Waals surface area contributed by atoms with Gasteiger partial charge >= 0.3 is 0 Å². The summed E-state index contributed by atoms with van der Waals surface area (Å²) in [6, 6.07) is 6.20. The van der Waals surface area contributed by atoms with Gasteiger partial charge in [0.05, 0.1) is 11.6 Å². The van der Waals surface area contributed by atoms with Gasteiger partial charge in [-0.2, -0.15) is 0 Å². The SMILES string of the molecule is Cc1cc(C)c2[nH]c(=O)c(CNC[C@@H]3CCCO3)cc2c1. The number of aromatic amines is 1. The van der Waals surface area contributed by atoms with Gasteiger partial charge in [-0.25, -0.2) is 0 Å². The summed E-state index contributed by atoms with van der Waals surface area (Å²) in [5.74, 6) is 0. The maximum atomic E-state index is 12.2. The molecular weight excluding hydrogens is 264 g/mol. The lowest BCUT2D eigenvalue weighted by Gasteiger charge is -2.11. The highest BCUT2D eigenvalue weighted by Crippen LogP contribution is 2.18. The van der Waals surface area contributed by atoms with Crippen molar-refractivity contribution in [3.05, 3.63) is 45.2 Å². The minimum absolute atomic E-state index is 0.00528. The number of aryl methyl sites for hydroxylation is 2. The monoisotopic (exact) mass is 286 g/mol. The molecule has 2 N–H and O–H groups in total. The maximum absolute atomic E-state index is 12.2. The van der Waals surface area contributed by atoms with Gasteiger partial charge in [0.2, 0.25) is 0 Å². The topological polar surface area (TPSA) is 54.1 Å². The first-order chi connectivity index (χ1) is 10.1. The Balaban J connectivity index is 1.78. The molecule has 112 valence electrons. The third-order valence-electron chi connectivity index (χ3n) is 4.08. The Hall–Kier alpha value is -1.65. The lowest BCUT2D eigenvalue weighted by Crippen LogP contribution is -2.28. The molecule has 0 saturated carbocycles. The van der Waals surface area contributed by atoms with E-state index in [9.17, 15) is 4.79 Å². The molecule has 21 heavy (non-hydrogen) atoms. The van der Waals surface area contributed by atoms with Crippen LogP contribution in [0.3, 0.4) is 0 Å². The lowest BCUT2D eigenvalue weighted by atomic mass is 10.1. The summed E-state index contributed by atoms with van der Waals surface area (Å²) in [7, 11) is 0. The predicted octanol–water partition coefficient (Wildman–Crippen LogP) is 2.41. The van der Waals surface area contributed by atoms with Crippen LogP contribution in [0.5, 0.6) is 0 Å². The number of rotatable bonds is 4. The lowest BCUT2D eigenvalue weighted by molar-refractivity contribution is 0.110. The Bertz CT molecular complexity index is 700. The van der Waals surface area contributed by atoms with Crippen LogP contribution >= 0.6 is 0 Å². The van der Waals surface area contributed by atoms with Gasteiger partial charge in [0.15, 0.2) is 0 Å². The first-order valence-corrected chi connectivity index (χ1v) is 7.59. The Morgan fingerprint density at radius 1 is 1.33 bits per heavy atom. The van der Waals surface area contributed by atoms with Gasteiger partial charge in [0.1, 0.15) is 0 Å². The Morgan fingerprint density at radius 3 is 2.95 bits per heavy atom. The van der Waals surface area contributed by atoms with E-state index in [0.717, 1.165) is 48.0 Å². The highest BCUT2D eigenvalue weighted by atomic mass is 16.5. The van der Waals surface area contributed by atoms with Crippen molar-refractivity contribution in [1.82, 2.24) is 10.3 Å². The van der Waals surface area contributed by atoms with Gasteiger partial charge < -0.3 is 15.0 Å². The van der Waals surface area contributed by atoms with Crippen molar-refractivity contribution in [2.45, 2.75) is 39.3 Å². The number of nitrogens with one attached hydrogen (secondary N) is 2. The van der Waals surface area contributed by atoms with E-state index in [1.807, 2.05) is 13.0 Å². The van der Waals surface area contributed by atoms with E-state index < -0.39 is 0 Å². The molecule has 0 unspecified atom stereocenters. The number of fused-ring (bicyclic) bond motifs is 1. The number of aromatic nitrogens is 1. The number of hydrogen-bond acceptors (Lipinski definition) is 3. The Labute approximate surface area is 124 Å². The molecule has 0 spiro atoms. The third-order valence-corrected chi connectivity index (χ3v) is 4.08. The minimum Gasteiger partial charge on any atom is -0.377 e. The molecule has 1 fully saturated rings. The van der Waals surface area contributed by atoms with E-state index in [1.54, 1.807) is 0 Å². The zero-order chi connectivity index (χ0) is 14.8. The van der Waals surface area contributed by atoms with E-state index in [-0.39, 0.29) is 5.56 Å². The summed E-state index contributed by atoms with van der Waals surface area (Å²) in [6.07, 6.45) is 2.55. The molecule has 1 aliphatic heterocycles. The summed E-state index contributed by atoms with van der Waals surface area (Å²) in [4.78, 5) is 15.2. The second kappa shape index (κ2) is 6.00. The molecule has 2 aromatic rings. The molecule has 3 rings (SSSR count). The van der Waals surface area contributed by atoms with Crippen LogP contribution in [0, 0.1) is 13.8 Å². The van der Waals surface area contributed by atoms with E-state index in [1.165, 1.54) is 5.56 Å². The standard InChI is InChI=1S/C17H22N2O2/c1-11-6-12(2)16-13(7-11)8-14(17(20)19-16)9-18-10-15-4-3-5-21-15/h6-8,15,18H,3-5,9-10H2,1-2H3,(H,19,20)/t15-/m0/s1. The smallest absolute Gasteiger partial charge is 0.252 e. The fourth-order valence-electron chi connectivity index (χ4n) is 3.04.